The van der Waals surface area contributed by atoms with Crippen LogP contribution in [0.25, 0.3) is 0 Å². The Hall–Kier alpha value is -2.25. The third-order valence-electron chi connectivity index (χ3n) is 3.72. The number of ether oxygens (including phenoxy) is 2. The first kappa shape index (κ1) is 17.6. The number of benzene rings is 1. The molecule has 8 heteroatoms. The summed E-state index contributed by atoms with van der Waals surface area (Å²) in [5.41, 5.74) is -0.460. The van der Waals surface area contributed by atoms with Crippen molar-refractivity contribution in [2.45, 2.75) is 18.9 Å². The summed E-state index contributed by atoms with van der Waals surface area (Å²) < 4.78 is 38.2. The van der Waals surface area contributed by atoms with Crippen LogP contribution in [0.4, 0.5) is 14.5 Å². The van der Waals surface area contributed by atoms with E-state index in [0.717, 1.165) is 25.0 Å². The molecule has 25 heavy (non-hydrogen) atoms. The highest BCUT2D eigenvalue weighted by atomic mass is 35.5. The average Bonchev–Trinajstić information content (AvgIpc) is 2.61. The molecule has 1 amide bonds. The number of carbonyl (C=O) groups excluding carboxylic acids is 1. The molecule has 0 atom stereocenters. The minimum Gasteiger partial charge on any atom is -0.473 e. The topological polar surface area (TPSA) is 60.5 Å². The van der Waals surface area contributed by atoms with E-state index in [2.05, 4.69) is 10.3 Å². The number of carbonyl (C=O) groups is 1. The van der Waals surface area contributed by atoms with Crippen LogP contribution in [0.5, 0.6) is 5.88 Å². The fourth-order valence-electron chi connectivity index (χ4n) is 2.39. The second kappa shape index (κ2) is 7.76. The summed E-state index contributed by atoms with van der Waals surface area (Å²) in [5, 5.41) is 2.32. The van der Waals surface area contributed by atoms with E-state index in [-0.39, 0.29) is 22.6 Å². The fourth-order valence-corrected chi connectivity index (χ4v) is 2.60. The number of nitrogens with zero attached hydrogens (tertiary/aromatic N) is 1. The number of amides is 1. The van der Waals surface area contributed by atoms with E-state index in [1.165, 1.54) is 18.3 Å². The third kappa shape index (κ3) is 4.24. The van der Waals surface area contributed by atoms with Gasteiger partial charge in [-0.05, 0) is 18.2 Å². The van der Waals surface area contributed by atoms with Crippen molar-refractivity contribution in [1.29, 1.82) is 0 Å². The van der Waals surface area contributed by atoms with E-state index in [4.69, 9.17) is 21.1 Å². The maximum atomic E-state index is 13.6. The highest BCUT2D eigenvalue weighted by molar-refractivity contribution is 6.32. The second-order valence-electron chi connectivity index (χ2n) is 5.49. The molecule has 1 aliphatic heterocycles. The zero-order valence-electron chi connectivity index (χ0n) is 13.1. The molecule has 0 radical (unpaired) electrons. The maximum Gasteiger partial charge on any atom is 0.257 e. The molecule has 1 fully saturated rings. The molecular weight excluding hydrogens is 354 g/mol. The van der Waals surface area contributed by atoms with Crippen LogP contribution < -0.4 is 10.1 Å². The minimum atomic E-state index is -0.869. The number of anilines is 1. The Morgan fingerprint density at radius 3 is 2.60 bits per heavy atom. The Morgan fingerprint density at radius 1 is 1.28 bits per heavy atom. The molecule has 5 nitrogen and oxygen atoms in total. The van der Waals surface area contributed by atoms with Gasteiger partial charge in [0.15, 0.2) is 0 Å². The van der Waals surface area contributed by atoms with E-state index >= 15 is 0 Å². The normalized spacial score (nSPS) is 15.0. The van der Waals surface area contributed by atoms with Gasteiger partial charge < -0.3 is 14.8 Å². The summed E-state index contributed by atoms with van der Waals surface area (Å²) in [5.74, 6) is -2.25. The second-order valence-corrected chi connectivity index (χ2v) is 5.90. The molecule has 1 aromatic carbocycles. The molecule has 0 aliphatic carbocycles. The standard InChI is InChI=1S/C17H15ClF2N2O3/c18-12-8-10(9-21-17(12)25-11-4-6-24-7-5-11)16(23)22-15-13(19)2-1-3-14(15)20/h1-3,8-9,11H,4-7H2,(H,22,23). The van der Waals surface area contributed by atoms with E-state index < -0.39 is 23.2 Å². The Balaban J connectivity index is 1.72. The lowest BCUT2D eigenvalue weighted by Crippen LogP contribution is -2.26. The van der Waals surface area contributed by atoms with Crippen LogP contribution in [0.15, 0.2) is 30.5 Å². The van der Waals surface area contributed by atoms with Crippen molar-refractivity contribution in [3.63, 3.8) is 0 Å². The molecule has 1 saturated heterocycles. The molecule has 0 spiro atoms. The number of nitrogens with one attached hydrogen (secondary N) is 1. The predicted octanol–water partition coefficient (Wildman–Crippen LogP) is 3.82. The van der Waals surface area contributed by atoms with Gasteiger partial charge in [0.05, 0.1) is 18.8 Å². The first-order valence-electron chi connectivity index (χ1n) is 7.70. The van der Waals surface area contributed by atoms with Crippen molar-refractivity contribution < 1.29 is 23.0 Å². The minimum absolute atomic E-state index is 0.0501. The van der Waals surface area contributed by atoms with Crippen LogP contribution in [-0.4, -0.2) is 30.2 Å². The van der Waals surface area contributed by atoms with E-state index in [1.807, 2.05) is 0 Å². The molecule has 0 bridgehead atoms. The Labute approximate surface area is 147 Å². The zero-order chi connectivity index (χ0) is 17.8. The van der Waals surface area contributed by atoms with Crippen molar-refractivity contribution in [2.75, 3.05) is 18.5 Å². The van der Waals surface area contributed by atoms with Gasteiger partial charge in [-0.2, -0.15) is 0 Å². The molecule has 0 unspecified atom stereocenters. The number of hydrogen-bond acceptors (Lipinski definition) is 4. The van der Waals surface area contributed by atoms with Crippen LogP contribution in [0.2, 0.25) is 5.02 Å². The lowest BCUT2D eigenvalue weighted by molar-refractivity contribution is 0.0238. The molecule has 1 N–H and O–H groups in total. The Kier molecular flexibility index (Phi) is 5.45. The molecular formula is C17H15ClF2N2O3. The summed E-state index contributed by atoms with van der Waals surface area (Å²) in [6, 6.07) is 4.65. The van der Waals surface area contributed by atoms with Crippen molar-refractivity contribution >= 4 is 23.2 Å². The largest absolute Gasteiger partial charge is 0.473 e. The van der Waals surface area contributed by atoms with Crippen LogP contribution in [0, 0.1) is 11.6 Å². The van der Waals surface area contributed by atoms with Gasteiger partial charge in [-0.3, -0.25) is 4.79 Å². The van der Waals surface area contributed by atoms with E-state index in [0.29, 0.717) is 13.2 Å². The molecule has 2 heterocycles. The van der Waals surface area contributed by atoms with Crippen molar-refractivity contribution in [3.05, 3.63) is 52.7 Å². The quantitative estimate of drug-likeness (QED) is 0.891. The summed E-state index contributed by atoms with van der Waals surface area (Å²) in [6.07, 6.45) is 2.65. The van der Waals surface area contributed by atoms with Crippen molar-refractivity contribution in [2.24, 2.45) is 0 Å². The Bertz CT molecular complexity index is 762. The lowest BCUT2D eigenvalue weighted by Gasteiger charge is -2.23. The molecule has 132 valence electrons. The number of hydrogen-bond donors (Lipinski definition) is 1. The lowest BCUT2D eigenvalue weighted by atomic mass is 10.1. The van der Waals surface area contributed by atoms with Gasteiger partial charge in [-0.15, -0.1) is 0 Å². The molecule has 1 aromatic heterocycles. The maximum absolute atomic E-state index is 13.6. The summed E-state index contributed by atoms with van der Waals surface area (Å²) >= 11 is 6.11. The monoisotopic (exact) mass is 368 g/mol. The van der Waals surface area contributed by atoms with Gasteiger partial charge in [0.1, 0.15) is 28.4 Å². The molecule has 0 saturated carbocycles. The van der Waals surface area contributed by atoms with Crippen molar-refractivity contribution in [1.82, 2.24) is 4.98 Å². The summed E-state index contributed by atoms with van der Waals surface area (Å²) in [6.45, 7) is 1.22. The first-order chi connectivity index (χ1) is 12.0. The zero-order valence-corrected chi connectivity index (χ0v) is 13.9. The summed E-state index contributed by atoms with van der Waals surface area (Å²) in [4.78, 5) is 16.2. The highest BCUT2D eigenvalue weighted by Gasteiger charge is 2.19. The number of aromatic nitrogens is 1. The first-order valence-corrected chi connectivity index (χ1v) is 8.07. The van der Waals surface area contributed by atoms with Gasteiger partial charge in [-0.1, -0.05) is 17.7 Å². The predicted molar refractivity (Wildman–Crippen MR) is 88.0 cm³/mol. The van der Waals surface area contributed by atoms with Crippen LogP contribution in [0.3, 0.4) is 0 Å². The molecule has 1 aliphatic rings. The summed E-state index contributed by atoms with van der Waals surface area (Å²) in [7, 11) is 0. The molecule has 2 aromatic rings. The number of para-hydroxylation sites is 1. The number of rotatable bonds is 4. The van der Waals surface area contributed by atoms with Crippen LogP contribution >= 0.6 is 11.6 Å². The third-order valence-corrected chi connectivity index (χ3v) is 3.99. The van der Waals surface area contributed by atoms with Crippen LogP contribution in [-0.2, 0) is 4.74 Å². The Morgan fingerprint density at radius 2 is 1.96 bits per heavy atom. The van der Waals surface area contributed by atoms with E-state index in [1.54, 1.807) is 0 Å². The van der Waals surface area contributed by atoms with E-state index in [9.17, 15) is 13.6 Å². The SMILES string of the molecule is O=C(Nc1c(F)cccc1F)c1cnc(OC2CCOCC2)c(Cl)c1. The number of pyridine rings is 1. The average molecular weight is 369 g/mol. The van der Waals surface area contributed by atoms with Gasteiger partial charge >= 0.3 is 0 Å². The number of halogens is 3. The van der Waals surface area contributed by atoms with Gasteiger partial charge in [0.2, 0.25) is 5.88 Å². The van der Waals surface area contributed by atoms with Crippen LogP contribution in [0.1, 0.15) is 23.2 Å². The fraction of sp³-hybridized carbons (Fsp3) is 0.294. The van der Waals surface area contributed by atoms with Gasteiger partial charge in [-0.25, -0.2) is 13.8 Å². The van der Waals surface area contributed by atoms with Gasteiger partial charge in [0.25, 0.3) is 5.91 Å². The molecule has 3 rings (SSSR count). The smallest absolute Gasteiger partial charge is 0.257 e. The van der Waals surface area contributed by atoms with Crippen molar-refractivity contribution in [3.8, 4) is 5.88 Å². The highest BCUT2D eigenvalue weighted by Crippen LogP contribution is 2.26. The van der Waals surface area contributed by atoms with Gasteiger partial charge in [0, 0.05) is 19.0 Å².